The van der Waals surface area contributed by atoms with E-state index in [1.807, 2.05) is 19.9 Å². The van der Waals surface area contributed by atoms with Crippen LogP contribution in [0.25, 0.3) is 0 Å². The Hall–Kier alpha value is -3.00. The van der Waals surface area contributed by atoms with Crippen LogP contribution in [-0.4, -0.2) is 43.1 Å². The minimum absolute atomic E-state index is 0.0187. The summed E-state index contributed by atoms with van der Waals surface area (Å²) in [5.41, 5.74) is 5.37. The minimum Gasteiger partial charge on any atom is -0.493 e. The van der Waals surface area contributed by atoms with E-state index in [-0.39, 0.29) is 17.9 Å². The second-order valence-corrected chi connectivity index (χ2v) is 8.01. The van der Waals surface area contributed by atoms with Crippen LogP contribution < -0.4 is 25.2 Å². The molecule has 8 nitrogen and oxygen atoms in total. The molecule has 1 aliphatic heterocycles. The Kier molecular flexibility index (Phi) is 7.57. The first-order chi connectivity index (χ1) is 14.9. The summed E-state index contributed by atoms with van der Waals surface area (Å²) in [5.74, 6) is 1.04. The highest BCUT2D eigenvalue weighted by atomic mass is 35.5. The zero-order valence-electron chi connectivity index (χ0n) is 17.9. The third-order valence-electron chi connectivity index (χ3n) is 4.99. The van der Waals surface area contributed by atoms with Crippen LogP contribution in [0.1, 0.15) is 37.0 Å². The number of nitrogens with zero attached hydrogens (tertiary/aromatic N) is 2. The van der Waals surface area contributed by atoms with Crippen molar-refractivity contribution in [1.29, 1.82) is 0 Å². The standard InChI is InChI=1S/C22H27ClN4O4/c1-14(2)31-18-6-4-16(12-19(18)30-3)22(29)26-25-21(28)15-8-10-27(11-9-15)20-7-5-17(23)13-24-20/h4-7,12-15H,8-11H2,1-3H3,(H,25,28)(H,26,29). The summed E-state index contributed by atoms with van der Waals surface area (Å²) in [4.78, 5) is 31.4. The molecule has 9 heteroatoms. The topological polar surface area (TPSA) is 92.8 Å². The number of amides is 2. The predicted molar refractivity (Wildman–Crippen MR) is 119 cm³/mol. The number of anilines is 1. The van der Waals surface area contributed by atoms with Gasteiger partial charge >= 0.3 is 0 Å². The van der Waals surface area contributed by atoms with Crippen LogP contribution in [-0.2, 0) is 4.79 Å². The van der Waals surface area contributed by atoms with Gasteiger partial charge in [-0.25, -0.2) is 4.98 Å². The number of pyridine rings is 1. The molecule has 1 aromatic heterocycles. The highest BCUT2D eigenvalue weighted by Gasteiger charge is 2.26. The Labute approximate surface area is 186 Å². The molecule has 1 saturated heterocycles. The molecule has 0 unspecified atom stereocenters. The fourth-order valence-electron chi connectivity index (χ4n) is 3.38. The molecule has 3 rings (SSSR count). The van der Waals surface area contributed by atoms with Gasteiger partial charge in [0.25, 0.3) is 5.91 Å². The van der Waals surface area contributed by atoms with E-state index in [0.717, 1.165) is 5.82 Å². The van der Waals surface area contributed by atoms with Gasteiger partial charge in [0.05, 0.1) is 18.2 Å². The fraction of sp³-hybridized carbons (Fsp3) is 0.409. The maximum Gasteiger partial charge on any atom is 0.269 e. The van der Waals surface area contributed by atoms with E-state index in [1.165, 1.54) is 7.11 Å². The summed E-state index contributed by atoms with van der Waals surface area (Å²) in [6.45, 7) is 5.22. The monoisotopic (exact) mass is 446 g/mol. The van der Waals surface area contributed by atoms with E-state index < -0.39 is 5.91 Å². The molecule has 0 saturated carbocycles. The number of carbonyl (C=O) groups is 2. The Morgan fingerprint density at radius 1 is 1.13 bits per heavy atom. The van der Waals surface area contributed by atoms with E-state index in [0.29, 0.717) is 48.0 Å². The van der Waals surface area contributed by atoms with Crippen LogP contribution in [0.15, 0.2) is 36.5 Å². The van der Waals surface area contributed by atoms with E-state index >= 15 is 0 Å². The number of aromatic nitrogens is 1. The molecule has 1 aromatic carbocycles. The summed E-state index contributed by atoms with van der Waals surface area (Å²) in [6, 6.07) is 8.55. The first-order valence-electron chi connectivity index (χ1n) is 10.2. The number of ether oxygens (including phenoxy) is 2. The Balaban J connectivity index is 1.50. The van der Waals surface area contributed by atoms with E-state index in [9.17, 15) is 9.59 Å². The molecule has 2 amide bonds. The van der Waals surface area contributed by atoms with Crippen molar-refractivity contribution >= 4 is 29.2 Å². The number of hydrazine groups is 1. The predicted octanol–water partition coefficient (Wildman–Crippen LogP) is 3.21. The molecule has 31 heavy (non-hydrogen) atoms. The molecule has 0 atom stereocenters. The van der Waals surface area contributed by atoms with Gasteiger partial charge in [-0.2, -0.15) is 0 Å². The van der Waals surface area contributed by atoms with Gasteiger partial charge in [0.15, 0.2) is 11.5 Å². The van der Waals surface area contributed by atoms with Gasteiger partial charge in [-0.1, -0.05) is 11.6 Å². The Morgan fingerprint density at radius 3 is 2.48 bits per heavy atom. The van der Waals surface area contributed by atoms with E-state index in [1.54, 1.807) is 30.5 Å². The molecule has 2 N–H and O–H groups in total. The minimum atomic E-state index is -0.425. The highest BCUT2D eigenvalue weighted by molar-refractivity contribution is 6.30. The molecule has 0 spiro atoms. The number of benzene rings is 1. The normalized spacial score (nSPS) is 14.3. The summed E-state index contributed by atoms with van der Waals surface area (Å²) < 4.78 is 11.0. The van der Waals surface area contributed by atoms with E-state index in [4.69, 9.17) is 21.1 Å². The molecule has 166 valence electrons. The van der Waals surface area contributed by atoms with Crippen molar-refractivity contribution in [2.45, 2.75) is 32.8 Å². The van der Waals surface area contributed by atoms with Gasteiger partial charge in [0, 0.05) is 30.8 Å². The maximum atomic E-state index is 12.5. The van der Waals surface area contributed by atoms with Crippen molar-refractivity contribution in [3.8, 4) is 11.5 Å². The second kappa shape index (κ2) is 10.3. The molecule has 1 fully saturated rings. The number of nitrogens with one attached hydrogen (secondary N) is 2. The molecule has 2 heterocycles. The molecule has 0 bridgehead atoms. The lowest BCUT2D eigenvalue weighted by molar-refractivity contribution is -0.126. The van der Waals surface area contributed by atoms with Crippen LogP contribution in [0.4, 0.5) is 5.82 Å². The zero-order valence-corrected chi connectivity index (χ0v) is 18.6. The van der Waals surface area contributed by atoms with Crippen LogP contribution >= 0.6 is 11.6 Å². The molecule has 0 aliphatic carbocycles. The van der Waals surface area contributed by atoms with E-state index in [2.05, 4.69) is 20.7 Å². The third-order valence-corrected chi connectivity index (χ3v) is 5.21. The lowest BCUT2D eigenvalue weighted by Gasteiger charge is -2.32. The quantitative estimate of drug-likeness (QED) is 0.662. The van der Waals surface area contributed by atoms with Gasteiger partial charge in [-0.05, 0) is 57.0 Å². The maximum absolute atomic E-state index is 12.5. The molecular weight excluding hydrogens is 420 g/mol. The number of halogens is 1. The largest absolute Gasteiger partial charge is 0.493 e. The number of piperidine rings is 1. The molecule has 2 aromatic rings. The fourth-order valence-corrected chi connectivity index (χ4v) is 3.49. The van der Waals surface area contributed by atoms with Crippen molar-refractivity contribution in [2.75, 3.05) is 25.1 Å². The summed E-state index contributed by atoms with van der Waals surface area (Å²) in [5, 5.41) is 0.591. The van der Waals surface area contributed by atoms with Crippen molar-refractivity contribution in [2.24, 2.45) is 5.92 Å². The van der Waals surface area contributed by atoms with Crippen molar-refractivity contribution in [1.82, 2.24) is 15.8 Å². The lowest BCUT2D eigenvalue weighted by Crippen LogP contribution is -2.47. The van der Waals surface area contributed by atoms with Gasteiger partial charge in [-0.15, -0.1) is 0 Å². The third kappa shape index (κ3) is 6.01. The lowest BCUT2D eigenvalue weighted by atomic mass is 9.96. The van der Waals surface area contributed by atoms with Crippen LogP contribution in [0.2, 0.25) is 5.02 Å². The van der Waals surface area contributed by atoms with Gasteiger partial charge in [0.2, 0.25) is 5.91 Å². The molecule has 0 radical (unpaired) electrons. The van der Waals surface area contributed by atoms with Crippen molar-refractivity contribution in [3.05, 3.63) is 47.1 Å². The Morgan fingerprint density at radius 2 is 1.87 bits per heavy atom. The average Bonchev–Trinajstić information content (AvgIpc) is 2.77. The number of hydrogen-bond acceptors (Lipinski definition) is 6. The van der Waals surface area contributed by atoms with Crippen LogP contribution in [0.3, 0.4) is 0 Å². The first-order valence-corrected chi connectivity index (χ1v) is 10.6. The average molecular weight is 447 g/mol. The number of methoxy groups -OCH3 is 1. The van der Waals surface area contributed by atoms with Crippen molar-refractivity contribution < 1.29 is 19.1 Å². The SMILES string of the molecule is COc1cc(C(=O)NNC(=O)C2CCN(c3ccc(Cl)cn3)CC2)ccc1OC(C)C. The second-order valence-electron chi connectivity index (χ2n) is 7.57. The van der Waals surface area contributed by atoms with Gasteiger partial charge in [0.1, 0.15) is 5.82 Å². The van der Waals surface area contributed by atoms with Gasteiger partial charge < -0.3 is 14.4 Å². The number of hydrogen-bond donors (Lipinski definition) is 2. The van der Waals surface area contributed by atoms with Crippen LogP contribution in [0, 0.1) is 5.92 Å². The first kappa shape index (κ1) is 22.7. The van der Waals surface area contributed by atoms with Crippen LogP contribution in [0.5, 0.6) is 11.5 Å². The van der Waals surface area contributed by atoms with Crippen molar-refractivity contribution in [3.63, 3.8) is 0 Å². The number of rotatable bonds is 6. The molecular formula is C22H27ClN4O4. The zero-order chi connectivity index (χ0) is 22.4. The van der Waals surface area contributed by atoms with Gasteiger partial charge in [-0.3, -0.25) is 20.4 Å². The summed E-state index contributed by atoms with van der Waals surface area (Å²) in [7, 11) is 1.51. The number of carbonyl (C=O) groups excluding carboxylic acids is 2. The smallest absolute Gasteiger partial charge is 0.269 e. The highest BCUT2D eigenvalue weighted by Crippen LogP contribution is 2.29. The Bertz CT molecular complexity index is 912. The summed E-state index contributed by atoms with van der Waals surface area (Å²) >= 11 is 5.88. The molecule has 1 aliphatic rings. The summed E-state index contributed by atoms with van der Waals surface area (Å²) in [6.07, 6.45) is 2.93.